The first-order valence-electron chi connectivity index (χ1n) is 10.0. The van der Waals surface area contributed by atoms with Crippen LogP contribution in [0.25, 0.3) is 0 Å². The standard InChI is InChI=1S/C20H39N/c1-17-14-15-20(16-18(17)2)21-19-12-10-8-6-4-3-5-7-9-11-13-19/h17-21H,3-16H2,1-2H3. The molecule has 1 nitrogen and oxygen atoms in total. The molecule has 1 heteroatoms. The molecular weight excluding hydrogens is 254 g/mol. The van der Waals surface area contributed by atoms with E-state index < -0.39 is 0 Å². The normalized spacial score (nSPS) is 34.9. The van der Waals surface area contributed by atoms with Crippen molar-refractivity contribution in [1.29, 1.82) is 0 Å². The summed E-state index contributed by atoms with van der Waals surface area (Å²) in [6.45, 7) is 4.90. The maximum Gasteiger partial charge on any atom is 0.00723 e. The van der Waals surface area contributed by atoms with Crippen molar-refractivity contribution in [2.24, 2.45) is 11.8 Å². The monoisotopic (exact) mass is 293 g/mol. The van der Waals surface area contributed by atoms with Gasteiger partial charge in [-0.3, -0.25) is 0 Å². The van der Waals surface area contributed by atoms with Crippen LogP contribution in [-0.4, -0.2) is 12.1 Å². The molecule has 0 aromatic carbocycles. The summed E-state index contributed by atoms with van der Waals surface area (Å²) in [5.41, 5.74) is 0. The maximum absolute atomic E-state index is 4.06. The summed E-state index contributed by atoms with van der Waals surface area (Å²) in [6, 6.07) is 1.63. The quantitative estimate of drug-likeness (QED) is 0.651. The molecule has 1 N–H and O–H groups in total. The molecular formula is C20H39N. The summed E-state index contributed by atoms with van der Waals surface area (Å²) in [6.07, 6.45) is 20.4. The van der Waals surface area contributed by atoms with Crippen molar-refractivity contribution >= 4 is 0 Å². The van der Waals surface area contributed by atoms with Crippen LogP contribution < -0.4 is 5.32 Å². The van der Waals surface area contributed by atoms with E-state index in [2.05, 4.69) is 19.2 Å². The molecule has 0 aliphatic heterocycles. The van der Waals surface area contributed by atoms with Crippen molar-refractivity contribution in [2.75, 3.05) is 0 Å². The summed E-state index contributed by atoms with van der Waals surface area (Å²) in [7, 11) is 0. The van der Waals surface area contributed by atoms with Gasteiger partial charge in [-0.1, -0.05) is 71.6 Å². The maximum atomic E-state index is 4.06. The van der Waals surface area contributed by atoms with Gasteiger partial charge in [0, 0.05) is 12.1 Å². The van der Waals surface area contributed by atoms with Crippen LogP contribution in [0.4, 0.5) is 0 Å². The van der Waals surface area contributed by atoms with E-state index in [4.69, 9.17) is 0 Å². The van der Waals surface area contributed by atoms with Gasteiger partial charge >= 0.3 is 0 Å². The second-order valence-electron chi connectivity index (χ2n) is 8.09. The largest absolute Gasteiger partial charge is 0.311 e. The molecule has 2 aliphatic rings. The average molecular weight is 294 g/mol. The molecule has 124 valence electrons. The van der Waals surface area contributed by atoms with Gasteiger partial charge in [0.25, 0.3) is 0 Å². The SMILES string of the molecule is CC1CCC(NC2CCCCCCCCCCC2)CC1C. The van der Waals surface area contributed by atoms with Crippen LogP contribution in [0.3, 0.4) is 0 Å². The molecule has 0 spiro atoms. The van der Waals surface area contributed by atoms with E-state index in [9.17, 15) is 0 Å². The van der Waals surface area contributed by atoms with Crippen LogP contribution >= 0.6 is 0 Å². The molecule has 2 aliphatic carbocycles. The Morgan fingerprint density at radius 1 is 0.524 bits per heavy atom. The second kappa shape index (κ2) is 9.87. The Morgan fingerprint density at radius 3 is 1.57 bits per heavy atom. The molecule has 0 bridgehead atoms. The third-order valence-electron chi connectivity index (χ3n) is 6.17. The van der Waals surface area contributed by atoms with Gasteiger partial charge in [0.05, 0.1) is 0 Å². The molecule has 2 fully saturated rings. The molecule has 2 rings (SSSR count). The molecule has 0 aromatic heterocycles. The smallest absolute Gasteiger partial charge is 0.00723 e. The molecule has 3 atom stereocenters. The Kier molecular flexibility index (Phi) is 8.14. The molecule has 21 heavy (non-hydrogen) atoms. The van der Waals surface area contributed by atoms with Crippen molar-refractivity contribution in [3.63, 3.8) is 0 Å². The van der Waals surface area contributed by atoms with E-state index in [-0.39, 0.29) is 0 Å². The number of rotatable bonds is 2. The van der Waals surface area contributed by atoms with Crippen LogP contribution in [-0.2, 0) is 0 Å². The van der Waals surface area contributed by atoms with Crippen molar-refractivity contribution < 1.29 is 0 Å². The van der Waals surface area contributed by atoms with Gasteiger partial charge in [-0.15, -0.1) is 0 Å². The number of hydrogen-bond donors (Lipinski definition) is 1. The zero-order valence-corrected chi connectivity index (χ0v) is 14.7. The van der Waals surface area contributed by atoms with Gasteiger partial charge in [-0.05, 0) is 43.9 Å². The summed E-state index contributed by atoms with van der Waals surface area (Å²) in [4.78, 5) is 0. The van der Waals surface area contributed by atoms with E-state index in [1.807, 2.05) is 0 Å². The van der Waals surface area contributed by atoms with Gasteiger partial charge in [0.15, 0.2) is 0 Å². The first kappa shape index (κ1) is 17.3. The molecule has 0 saturated heterocycles. The minimum atomic E-state index is 0.814. The Balaban J connectivity index is 1.74. The van der Waals surface area contributed by atoms with Crippen LogP contribution in [0.2, 0.25) is 0 Å². The van der Waals surface area contributed by atoms with Gasteiger partial charge in [-0.2, -0.15) is 0 Å². The van der Waals surface area contributed by atoms with E-state index in [0.717, 1.165) is 23.9 Å². The highest BCUT2D eigenvalue weighted by Crippen LogP contribution is 2.30. The van der Waals surface area contributed by atoms with Crippen LogP contribution in [0, 0.1) is 11.8 Å². The predicted molar refractivity (Wildman–Crippen MR) is 93.7 cm³/mol. The van der Waals surface area contributed by atoms with Crippen LogP contribution in [0.5, 0.6) is 0 Å². The van der Waals surface area contributed by atoms with Crippen LogP contribution in [0.15, 0.2) is 0 Å². The third-order valence-corrected chi connectivity index (χ3v) is 6.17. The van der Waals surface area contributed by atoms with Gasteiger partial charge < -0.3 is 5.32 Å². The van der Waals surface area contributed by atoms with Crippen molar-refractivity contribution in [3.05, 3.63) is 0 Å². The fourth-order valence-electron chi connectivity index (χ4n) is 4.36. The van der Waals surface area contributed by atoms with Gasteiger partial charge in [0.2, 0.25) is 0 Å². The number of nitrogens with one attached hydrogen (secondary N) is 1. The molecule has 2 saturated carbocycles. The average Bonchev–Trinajstić information content (AvgIpc) is 2.46. The van der Waals surface area contributed by atoms with Gasteiger partial charge in [-0.25, -0.2) is 0 Å². The number of hydrogen-bond acceptors (Lipinski definition) is 1. The molecule has 0 radical (unpaired) electrons. The predicted octanol–water partition coefficient (Wildman–Crippen LogP) is 6.07. The van der Waals surface area contributed by atoms with Crippen molar-refractivity contribution in [2.45, 2.75) is 116 Å². The second-order valence-corrected chi connectivity index (χ2v) is 8.09. The van der Waals surface area contributed by atoms with E-state index in [0.29, 0.717) is 0 Å². The Bertz CT molecular complexity index is 251. The minimum Gasteiger partial charge on any atom is -0.311 e. The minimum absolute atomic E-state index is 0.814. The summed E-state index contributed by atoms with van der Waals surface area (Å²) >= 11 is 0. The fraction of sp³-hybridized carbons (Fsp3) is 1.00. The Hall–Kier alpha value is -0.0400. The summed E-state index contributed by atoms with van der Waals surface area (Å²) < 4.78 is 0. The lowest BCUT2D eigenvalue weighted by Crippen LogP contribution is -2.42. The Morgan fingerprint density at radius 2 is 1.05 bits per heavy atom. The van der Waals surface area contributed by atoms with Crippen molar-refractivity contribution in [3.8, 4) is 0 Å². The van der Waals surface area contributed by atoms with E-state index >= 15 is 0 Å². The Labute approximate surface area is 133 Å². The molecule has 0 heterocycles. The topological polar surface area (TPSA) is 12.0 Å². The lowest BCUT2D eigenvalue weighted by atomic mass is 9.78. The lowest BCUT2D eigenvalue weighted by molar-refractivity contribution is 0.208. The summed E-state index contributed by atoms with van der Waals surface area (Å²) in [5, 5.41) is 4.06. The molecule has 3 unspecified atom stereocenters. The molecule has 0 amide bonds. The molecule has 0 aromatic rings. The first-order valence-corrected chi connectivity index (χ1v) is 10.0. The zero-order chi connectivity index (χ0) is 14.9. The third kappa shape index (κ3) is 6.72. The van der Waals surface area contributed by atoms with Crippen molar-refractivity contribution in [1.82, 2.24) is 5.32 Å². The van der Waals surface area contributed by atoms with Gasteiger partial charge in [0.1, 0.15) is 0 Å². The highest BCUT2D eigenvalue weighted by Gasteiger charge is 2.25. The zero-order valence-electron chi connectivity index (χ0n) is 14.7. The summed E-state index contributed by atoms with van der Waals surface area (Å²) in [5.74, 6) is 1.86. The lowest BCUT2D eigenvalue weighted by Gasteiger charge is -2.35. The first-order chi connectivity index (χ1) is 10.3. The van der Waals surface area contributed by atoms with E-state index in [1.54, 1.807) is 0 Å². The fourth-order valence-corrected chi connectivity index (χ4v) is 4.36. The van der Waals surface area contributed by atoms with E-state index in [1.165, 1.54) is 89.9 Å². The highest BCUT2D eigenvalue weighted by molar-refractivity contribution is 4.82. The highest BCUT2D eigenvalue weighted by atomic mass is 14.9. The van der Waals surface area contributed by atoms with Crippen LogP contribution in [0.1, 0.15) is 104 Å².